The predicted molar refractivity (Wildman–Crippen MR) is 40.9 cm³/mol. The summed E-state index contributed by atoms with van der Waals surface area (Å²) in [5, 5.41) is -0.473. The lowest BCUT2D eigenvalue weighted by Crippen LogP contribution is -2.12. The molecule has 14 heavy (non-hydrogen) atoms. The minimum Gasteiger partial charge on any atom is -0.244 e. The van der Waals surface area contributed by atoms with Crippen molar-refractivity contribution in [3.63, 3.8) is 0 Å². The minimum absolute atomic E-state index is 0.359. The van der Waals surface area contributed by atoms with Crippen LogP contribution < -0.4 is 0 Å². The summed E-state index contributed by atoms with van der Waals surface area (Å²) in [4.78, 5) is 3.18. The molecule has 78 valence electrons. The maximum atomic E-state index is 13.0. The van der Waals surface area contributed by atoms with E-state index in [4.69, 9.17) is 0 Å². The van der Waals surface area contributed by atoms with Crippen LogP contribution in [0.1, 0.15) is 5.56 Å². The van der Waals surface area contributed by atoms with E-state index in [9.17, 15) is 22.0 Å². The van der Waals surface area contributed by atoms with Crippen molar-refractivity contribution in [1.29, 1.82) is 0 Å². The Kier molecular flexibility index (Phi) is 2.98. The Morgan fingerprint density at radius 1 is 1.29 bits per heavy atom. The molecular formula is C7H4F5NS. The number of alkyl halides is 3. The lowest BCUT2D eigenvalue weighted by Gasteiger charge is -2.10. The molecular weight excluding hydrogens is 225 g/mol. The molecule has 0 aliphatic rings. The van der Waals surface area contributed by atoms with Gasteiger partial charge in [0.25, 0.3) is 0 Å². The molecule has 1 rings (SSSR count). The van der Waals surface area contributed by atoms with Gasteiger partial charge in [0.05, 0.1) is 6.20 Å². The number of nitrogens with zero attached hydrogens (tertiary/aromatic N) is 1. The molecule has 1 heterocycles. The van der Waals surface area contributed by atoms with Crippen LogP contribution in [0.25, 0.3) is 0 Å². The van der Waals surface area contributed by atoms with Crippen molar-refractivity contribution in [3.8, 4) is 0 Å². The van der Waals surface area contributed by atoms with E-state index in [2.05, 4.69) is 4.98 Å². The highest BCUT2D eigenvalue weighted by atomic mass is 32.2. The van der Waals surface area contributed by atoms with Gasteiger partial charge in [-0.3, -0.25) is 0 Å². The molecule has 1 aromatic rings. The summed E-state index contributed by atoms with van der Waals surface area (Å²) in [6.07, 6.45) is -3.33. The summed E-state index contributed by atoms with van der Waals surface area (Å²) in [7, 11) is 0. The van der Waals surface area contributed by atoms with Crippen LogP contribution in [0, 0.1) is 11.6 Å². The molecule has 0 saturated carbocycles. The highest BCUT2D eigenvalue weighted by molar-refractivity contribution is 7.98. The monoisotopic (exact) mass is 229 g/mol. The molecule has 0 aliphatic carbocycles. The summed E-state index contributed by atoms with van der Waals surface area (Å²) in [6, 6.07) is 0. The standard InChI is InChI=1S/C7H4F5NS/c1-14-6-5(9)4(7(10,11)12)3(8)2-13-6/h2H,1H3. The fourth-order valence-electron chi connectivity index (χ4n) is 0.850. The van der Waals surface area contributed by atoms with Crippen molar-refractivity contribution in [2.24, 2.45) is 0 Å². The zero-order chi connectivity index (χ0) is 10.9. The lowest BCUT2D eigenvalue weighted by atomic mass is 10.2. The van der Waals surface area contributed by atoms with Crippen molar-refractivity contribution >= 4 is 11.8 Å². The third-order valence-corrected chi connectivity index (χ3v) is 2.09. The number of thioether (sulfide) groups is 1. The number of hydrogen-bond donors (Lipinski definition) is 0. The molecule has 0 unspecified atom stereocenters. The van der Waals surface area contributed by atoms with Crippen LogP contribution in [0.4, 0.5) is 22.0 Å². The molecule has 0 fully saturated rings. The second-order valence-corrected chi connectivity index (χ2v) is 3.10. The van der Waals surface area contributed by atoms with Crippen molar-refractivity contribution < 1.29 is 22.0 Å². The normalized spacial score (nSPS) is 11.9. The maximum Gasteiger partial charge on any atom is 0.422 e. The number of aromatic nitrogens is 1. The van der Waals surface area contributed by atoms with E-state index < -0.39 is 28.4 Å². The van der Waals surface area contributed by atoms with Gasteiger partial charge in [0.2, 0.25) is 0 Å². The van der Waals surface area contributed by atoms with Crippen molar-refractivity contribution in [2.75, 3.05) is 6.26 Å². The third-order valence-electron chi connectivity index (χ3n) is 1.42. The first-order valence-electron chi connectivity index (χ1n) is 3.33. The average Bonchev–Trinajstić information content (AvgIpc) is 2.02. The molecule has 0 atom stereocenters. The van der Waals surface area contributed by atoms with E-state index in [1.54, 1.807) is 0 Å². The molecule has 0 saturated heterocycles. The van der Waals surface area contributed by atoms with Crippen LogP contribution in [0.5, 0.6) is 0 Å². The van der Waals surface area contributed by atoms with Crippen LogP contribution in [-0.2, 0) is 6.18 Å². The van der Waals surface area contributed by atoms with Crippen LogP contribution in [-0.4, -0.2) is 11.2 Å². The summed E-state index contributed by atoms with van der Waals surface area (Å²) < 4.78 is 61.9. The molecule has 0 aliphatic heterocycles. The number of hydrogen-bond acceptors (Lipinski definition) is 2. The summed E-state index contributed by atoms with van der Waals surface area (Å²) in [5.41, 5.74) is -1.89. The van der Waals surface area contributed by atoms with Gasteiger partial charge in [-0.2, -0.15) is 13.2 Å². The predicted octanol–water partition coefficient (Wildman–Crippen LogP) is 3.10. The Hall–Kier alpha value is -0.850. The molecule has 0 spiro atoms. The Labute approximate surface area is 80.3 Å². The fraction of sp³-hybridized carbons (Fsp3) is 0.286. The topological polar surface area (TPSA) is 12.9 Å². The fourth-order valence-corrected chi connectivity index (χ4v) is 1.29. The minimum atomic E-state index is -5.04. The largest absolute Gasteiger partial charge is 0.422 e. The van der Waals surface area contributed by atoms with Crippen molar-refractivity contribution in [3.05, 3.63) is 23.4 Å². The quantitative estimate of drug-likeness (QED) is 0.542. The second kappa shape index (κ2) is 3.72. The van der Waals surface area contributed by atoms with Gasteiger partial charge >= 0.3 is 6.18 Å². The van der Waals surface area contributed by atoms with Crippen LogP contribution in [0.3, 0.4) is 0 Å². The Morgan fingerprint density at radius 2 is 1.86 bits per heavy atom. The molecule has 1 aromatic heterocycles. The van der Waals surface area contributed by atoms with E-state index in [1.165, 1.54) is 6.26 Å². The maximum absolute atomic E-state index is 13.0. The van der Waals surface area contributed by atoms with Crippen LogP contribution in [0.2, 0.25) is 0 Å². The van der Waals surface area contributed by atoms with Gasteiger partial charge in [-0.15, -0.1) is 11.8 Å². The highest BCUT2D eigenvalue weighted by Gasteiger charge is 2.39. The van der Waals surface area contributed by atoms with Crippen molar-refractivity contribution in [2.45, 2.75) is 11.2 Å². The van der Waals surface area contributed by atoms with E-state index >= 15 is 0 Å². The van der Waals surface area contributed by atoms with Crippen LogP contribution >= 0.6 is 11.8 Å². The SMILES string of the molecule is CSc1ncc(F)c(C(F)(F)F)c1F. The Bertz CT molecular complexity index is 349. The van der Waals surface area contributed by atoms with Gasteiger partial charge in [-0.1, -0.05) is 0 Å². The first-order valence-corrected chi connectivity index (χ1v) is 4.55. The molecule has 7 heteroatoms. The van der Waals surface area contributed by atoms with Crippen LogP contribution in [0.15, 0.2) is 11.2 Å². The Balaban J connectivity index is 3.40. The van der Waals surface area contributed by atoms with Gasteiger partial charge in [0.1, 0.15) is 10.6 Å². The molecule has 0 bridgehead atoms. The van der Waals surface area contributed by atoms with E-state index in [0.29, 0.717) is 18.0 Å². The van der Waals surface area contributed by atoms with Gasteiger partial charge in [-0.05, 0) is 6.26 Å². The van der Waals surface area contributed by atoms with Gasteiger partial charge in [-0.25, -0.2) is 13.8 Å². The summed E-state index contributed by atoms with van der Waals surface area (Å²) in [6.45, 7) is 0. The number of rotatable bonds is 1. The zero-order valence-corrected chi connectivity index (χ0v) is 7.64. The Morgan fingerprint density at radius 3 is 2.29 bits per heavy atom. The second-order valence-electron chi connectivity index (χ2n) is 2.30. The van der Waals surface area contributed by atoms with Gasteiger partial charge < -0.3 is 0 Å². The van der Waals surface area contributed by atoms with E-state index in [1.807, 2.05) is 0 Å². The van der Waals surface area contributed by atoms with E-state index in [0.717, 1.165) is 0 Å². The molecule has 0 N–H and O–H groups in total. The molecule has 0 amide bonds. The van der Waals surface area contributed by atoms with Crippen molar-refractivity contribution in [1.82, 2.24) is 4.98 Å². The smallest absolute Gasteiger partial charge is 0.244 e. The molecule has 1 nitrogen and oxygen atoms in total. The van der Waals surface area contributed by atoms with Gasteiger partial charge in [0, 0.05) is 0 Å². The highest BCUT2D eigenvalue weighted by Crippen LogP contribution is 2.35. The average molecular weight is 229 g/mol. The number of halogens is 5. The lowest BCUT2D eigenvalue weighted by molar-refractivity contribution is -0.142. The first-order chi connectivity index (χ1) is 6.38. The zero-order valence-electron chi connectivity index (χ0n) is 6.82. The number of pyridine rings is 1. The third kappa shape index (κ3) is 1.97. The molecule has 0 aromatic carbocycles. The van der Waals surface area contributed by atoms with E-state index in [-0.39, 0.29) is 0 Å². The molecule has 0 radical (unpaired) electrons. The first kappa shape index (κ1) is 11.2. The summed E-state index contributed by atoms with van der Waals surface area (Å²) >= 11 is 0.682. The van der Waals surface area contributed by atoms with Gasteiger partial charge in [0.15, 0.2) is 11.6 Å². The summed E-state index contributed by atoms with van der Waals surface area (Å²) in [5.74, 6) is -3.36.